The minimum absolute atomic E-state index is 0.139. The van der Waals surface area contributed by atoms with Crippen molar-refractivity contribution in [3.63, 3.8) is 0 Å². The third kappa shape index (κ3) is 3.27. The number of aryl methyl sites for hydroxylation is 1. The van der Waals surface area contributed by atoms with E-state index in [2.05, 4.69) is 10.3 Å². The van der Waals surface area contributed by atoms with E-state index in [1.807, 2.05) is 0 Å². The Bertz CT molecular complexity index is 700. The van der Waals surface area contributed by atoms with Crippen LogP contribution in [0.4, 0.5) is 24.0 Å². The van der Waals surface area contributed by atoms with Crippen molar-refractivity contribution in [1.29, 1.82) is 0 Å². The van der Waals surface area contributed by atoms with Gasteiger partial charge in [0.25, 0.3) is 5.91 Å². The lowest BCUT2D eigenvalue weighted by atomic mass is 10.1. The van der Waals surface area contributed by atoms with Crippen LogP contribution >= 0.6 is 22.9 Å². The molecule has 0 saturated carbocycles. The highest BCUT2D eigenvalue weighted by Gasteiger charge is 2.35. The zero-order valence-electron chi connectivity index (χ0n) is 10.6. The minimum atomic E-state index is -4.63. The predicted molar refractivity (Wildman–Crippen MR) is 75.7 cm³/mol. The van der Waals surface area contributed by atoms with Crippen LogP contribution in [0.1, 0.15) is 20.9 Å². The van der Waals surface area contributed by atoms with E-state index in [9.17, 15) is 18.0 Å². The summed E-state index contributed by atoms with van der Waals surface area (Å²) >= 11 is 6.65. The Morgan fingerprint density at radius 2 is 2.10 bits per heavy atom. The quantitative estimate of drug-likeness (QED) is 0.873. The number of alkyl halides is 3. The van der Waals surface area contributed by atoms with Gasteiger partial charge in [-0.25, -0.2) is 4.98 Å². The van der Waals surface area contributed by atoms with Gasteiger partial charge in [-0.2, -0.15) is 13.2 Å². The summed E-state index contributed by atoms with van der Waals surface area (Å²) in [5, 5.41) is 2.14. The molecule has 0 saturated heterocycles. The van der Waals surface area contributed by atoms with E-state index >= 15 is 0 Å². The molecule has 1 aromatic carbocycles. The molecule has 2 aromatic rings. The smallest absolute Gasteiger partial charge is 0.375 e. The Morgan fingerprint density at radius 3 is 2.62 bits per heavy atom. The number of nitrogens with two attached hydrogens (primary N) is 1. The first kappa shape index (κ1) is 15.6. The molecule has 0 aliphatic rings. The molecule has 1 heterocycles. The zero-order valence-corrected chi connectivity index (χ0v) is 12.2. The van der Waals surface area contributed by atoms with Gasteiger partial charge in [0.05, 0.1) is 22.0 Å². The molecule has 1 amide bonds. The number of benzene rings is 1. The van der Waals surface area contributed by atoms with Crippen molar-refractivity contribution < 1.29 is 18.0 Å². The summed E-state index contributed by atoms with van der Waals surface area (Å²) in [5.41, 5.74) is 4.31. The van der Waals surface area contributed by atoms with Crippen molar-refractivity contribution >= 4 is 39.7 Å². The van der Waals surface area contributed by atoms with Gasteiger partial charge in [0.15, 0.2) is 5.13 Å². The summed E-state index contributed by atoms with van der Waals surface area (Å²) < 4.78 is 38.8. The number of carbonyl (C=O) groups excluding carboxylic acids is 1. The molecule has 0 unspecified atom stereocenters. The molecule has 0 aliphatic heterocycles. The van der Waals surface area contributed by atoms with Gasteiger partial charge in [-0.1, -0.05) is 29.0 Å². The van der Waals surface area contributed by atoms with Crippen LogP contribution in [0, 0.1) is 6.92 Å². The molecule has 0 radical (unpaired) electrons. The average molecular weight is 336 g/mol. The molecule has 0 bridgehead atoms. The van der Waals surface area contributed by atoms with Crippen LogP contribution in [-0.2, 0) is 6.18 Å². The number of nitrogen functional groups attached to an aromatic ring is 1. The predicted octanol–water partition coefficient (Wildman–Crippen LogP) is 3.96. The lowest BCUT2D eigenvalue weighted by Gasteiger charge is -2.14. The van der Waals surface area contributed by atoms with Crippen molar-refractivity contribution in [3.8, 4) is 0 Å². The molecule has 21 heavy (non-hydrogen) atoms. The topological polar surface area (TPSA) is 68.0 Å². The van der Waals surface area contributed by atoms with Gasteiger partial charge >= 0.3 is 6.18 Å². The van der Waals surface area contributed by atoms with Crippen LogP contribution < -0.4 is 11.1 Å². The van der Waals surface area contributed by atoms with E-state index in [4.69, 9.17) is 17.3 Å². The largest absolute Gasteiger partial charge is 0.418 e. The van der Waals surface area contributed by atoms with E-state index < -0.39 is 23.3 Å². The number of para-hydroxylation sites is 1. The number of amides is 1. The van der Waals surface area contributed by atoms with Gasteiger partial charge in [0, 0.05) is 0 Å². The lowest BCUT2D eigenvalue weighted by Crippen LogP contribution is -2.17. The second-order valence-electron chi connectivity index (χ2n) is 4.08. The summed E-state index contributed by atoms with van der Waals surface area (Å²) in [4.78, 5) is 16.0. The van der Waals surface area contributed by atoms with E-state index in [1.165, 1.54) is 6.07 Å². The van der Waals surface area contributed by atoms with E-state index in [-0.39, 0.29) is 15.0 Å². The van der Waals surface area contributed by atoms with Crippen molar-refractivity contribution in [2.75, 3.05) is 11.1 Å². The number of hydrogen-bond acceptors (Lipinski definition) is 4. The molecule has 112 valence electrons. The standard InChI is InChI=1S/C12H9ClF3N3OS/c1-5-9(21-11(17)18-5)10(20)19-8-6(12(14,15)16)3-2-4-7(8)13/h2-4H,1H3,(H2,17,18)(H,19,20). The number of thiazole rings is 1. The van der Waals surface area contributed by atoms with Crippen molar-refractivity contribution in [3.05, 3.63) is 39.4 Å². The zero-order chi connectivity index (χ0) is 15.8. The number of nitrogens with one attached hydrogen (secondary N) is 1. The second kappa shape index (κ2) is 5.53. The molecule has 3 N–H and O–H groups in total. The molecule has 2 rings (SSSR count). The fourth-order valence-corrected chi connectivity index (χ4v) is 2.64. The molecule has 4 nitrogen and oxygen atoms in total. The van der Waals surface area contributed by atoms with Crippen LogP contribution in [0.5, 0.6) is 0 Å². The van der Waals surface area contributed by atoms with E-state index in [0.29, 0.717) is 5.69 Å². The lowest BCUT2D eigenvalue weighted by molar-refractivity contribution is -0.136. The number of anilines is 2. The highest BCUT2D eigenvalue weighted by atomic mass is 35.5. The summed E-state index contributed by atoms with van der Waals surface area (Å²) in [5.74, 6) is -0.736. The third-order valence-electron chi connectivity index (χ3n) is 2.58. The van der Waals surface area contributed by atoms with Gasteiger partial charge < -0.3 is 11.1 Å². The van der Waals surface area contributed by atoms with Gasteiger partial charge in [-0.3, -0.25) is 4.79 Å². The van der Waals surface area contributed by atoms with Crippen LogP contribution in [0.2, 0.25) is 5.02 Å². The minimum Gasteiger partial charge on any atom is -0.375 e. The first-order valence-electron chi connectivity index (χ1n) is 5.60. The Labute approximate surface area is 126 Å². The van der Waals surface area contributed by atoms with Crippen LogP contribution in [0.15, 0.2) is 18.2 Å². The maximum atomic E-state index is 12.9. The normalized spacial score (nSPS) is 11.5. The monoisotopic (exact) mass is 335 g/mol. The molecular formula is C12H9ClF3N3OS. The van der Waals surface area contributed by atoms with Gasteiger partial charge in [-0.05, 0) is 19.1 Å². The highest BCUT2D eigenvalue weighted by molar-refractivity contribution is 7.17. The van der Waals surface area contributed by atoms with Crippen LogP contribution in [0.3, 0.4) is 0 Å². The fourth-order valence-electron chi connectivity index (χ4n) is 1.69. The Balaban J connectivity index is 2.40. The van der Waals surface area contributed by atoms with Crippen molar-refractivity contribution in [2.45, 2.75) is 13.1 Å². The third-order valence-corrected chi connectivity index (χ3v) is 3.88. The number of carbonyl (C=O) groups is 1. The molecule has 0 aliphatic carbocycles. The van der Waals surface area contributed by atoms with E-state index in [1.54, 1.807) is 6.92 Å². The number of nitrogens with zero attached hydrogens (tertiary/aromatic N) is 1. The second-order valence-corrected chi connectivity index (χ2v) is 5.52. The Morgan fingerprint density at radius 1 is 1.43 bits per heavy atom. The summed E-state index contributed by atoms with van der Waals surface area (Å²) in [6, 6.07) is 3.27. The molecule has 0 spiro atoms. The fraction of sp³-hybridized carbons (Fsp3) is 0.167. The number of halogens is 4. The molecular weight excluding hydrogens is 327 g/mol. The van der Waals surface area contributed by atoms with Crippen LogP contribution in [0.25, 0.3) is 0 Å². The first-order chi connectivity index (χ1) is 9.70. The molecule has 1 aromatic heterocycles. The summed E-state index contributed by atoms with van der Waals surface area (Å²) in [6.07, 6.45) is -4.63. The molecule has 0 atom stereocenters. The maximum Gasteiger partial charge on any atom is 0.418 e. The Hall–Kier alpha value is -1.80. The summed E-state index contributed by atoms with van der Waals surface area (Å²) in [7, 11) is 0. The first-order valence-corrected chi connectivity index (χ1v) is 6.79. The average Bonchev–Trinajstić information content (AvgIpc) is 2.69. The number of aromatic nitrogens is 1. The molecule has 9 heteroatoms. The summed E-state index contributed by atoms with van der Waals surface area (Å²) in [6.45, 7) is 1.54. The maximum absolute atomic E-state index is 12.9. The van der Waals surface area contributed by atoms with Crippen LogP contribution in [-0.4, -0.2) is 10.9 Å². The molecule has 0 fully saturated rings. The SMILES string of the molecule is Cc1nc(N)sc1C(=O)Nc1c(Cl)cccc1C(F)(F)F. The highest BCUT2D eigenvalue weighted by Crippen LogP contribution is 2.38. The van der Waals surface area contributed by atoms with Gasteiger partial charge in [0.2, 0.25) is 0 Å². The van der Waals surface area contributed by atoms with E-state index in [0.717, 1.165) is 23.5 Å². The Kier molecular flexibility index (Phi) is 4.11. The number of hydrogen-bond donors (Lipinski definition) is 2. The van der Waals surface area contributed by atoms with Crippen molar-refractivity contribution in [2.24, 2.45) is 0 Å². The van der Waals surface area contributed by atoms with Gasteiger partial charge in [-0.15, -0.1) is 0 Å². The van der Waals surface area contributed by atoms with Crippen molar-refractivity contribution in [1.82, 2.24) is 4.98 Å². The number of rotatable bonds is 2. The van der Waals surface area contributed by atoms with Gasteiger partial charge in [0.1, 0.15) is 4.88 Å².